The monoisotopic (exact) mass is 237 g/mol. The molecule has 1 aliphatic rings. The molecule has 0 aromatic heterocycles. The lowest BCUT2D eigenvalue weighted by molar-refractivity contribution is 0.0979. The molecule has 1 heterocycles. The fourth-order valence-corrected chi connectivity index (χ4v) is 2.06. The van der Waals surface area contributed by atoms with E-state index in [1.807, 2.05) is 42.5 Å². The number of nitrogen functional groups attached to an aromatic ring is 1. The van der Waals surface area contributed by atoms with Gasteiger partial charge in [0.15, 0.2) is 0 Å². The van der Waals surface area contributed by atoms with Crippen LogP contribution in [0.2, 0.25) is 0 Å². The van der Waals surface area contributed by atoms with Gasteiger partial charge in [-0.3, -0.25) is 4.79 Å². The maximum atomic E-state index is 12.0. The van der Waals surface area contributed by atoms with Gasteiger partial charge < -0.3 is 16.2 Å². The summed E-state index contributed by atoms with van der Waals surface area (Å²) >= 11 is 0. The number of carbonyl (C=O) groups excluding carboxylic acids is 1. The molecule has 1 aliphatic heterocycles. The number of para-hydroxylation sites is 1. The van der Waals surface area contributed by atoms with Gasteiger partial charge in [0, 0.05) is 11.4 Å². The Balaban J connectivity index is 1.94. The van der Waals surface area contributed by atoms with E-state index in [0.29, 0.717) is 11.3 Å². The Morgan fingerprint density at radius 3 is 2.44 bits per heavy atom. The van der Waals surface area contributed by atoms with Crippen molar-refractivity contribution in [1.82, 2.24) is 5.23 Å². The van der Waals surface area contributed by atoms with Crippen LogP contribution in [0.4, 0.5) is 11.4 Å². The van der Waals surface area contributed by atoms with Crippen molar-refractivity contribution in [2.24, 2.45) is 0 Å². The molecule has 3 rings (SSSR count). The minimum atomic E-state index is -0.215. The molecule has 0 fully saturated rings. The predicted octanol–water partition coefficient (Wildman–Crippen LogP) is 0.819. The van der Waals surface area contributed by atoms with Gasteiger partial charge in [0.05, 0.1) is 5.56 Å². The summed E-state index contributed by atoms with van der Waals surface area (Å²) in [5.41, 5.74) is 8.86. The number of rotatable bonds is 1. The highest BCUT2D eigenvalue weighted by atomic mass is 16.1. The lowest BCUT2D eigenvalue weighted by atomic mass is 9.66. The number of anilines is 2. The number of fused-ring (bicyclic) bond motifs is 1. The van der Waals surface area contributed by atoms with Crippen molar-refractivity contribution < 1.29 is 4.79 Å². The zero-order valence-corrected chi connectivity index (χ0v) is 9.68. The minimum absolute atomic E-state index is 0.0637. The van der Waals surface area contributed by atoms with Crippen molar-refractivity contribution in [3.05, 3.63) is 54.1 Å². The highest BCUT2D eigenvalue weighted by Gasteiger charge is 2.28. The summed E-state index contributed by atoms with van der Waals surface area (Å²) in [5, 5.41) is 6.21. The second-order valence-electron chi connectivity index (χ2n) is 4.26. The summed E-state index contributed by atoms with van der Waals surface area (Å²) in [7, 11) is 0. The van der Waals surface area contributed by atoms with Crippen LogP contribution in [0, 0.1) is 0 Å². The highest BCUT2D eigenvalue weighted by Crippen LogP contribution is 2.18. The van der Waals surface area contributed by atoms with Gasteiger partial charge in [0.2, 0.25) is 5.91 Å². The lowest BCUT2D eigenvalue weighted by Gasteiger charge is -2.24. The van der Waals surface area contributed by atoms with Gasteiger partial charge in [-0.1, -0.05) is 24.3 Å². The Bertz CT molecular complexity index is 597. The summed E-state index contributed by atoms with van der Waals surface area (Å²) in [4.78, 5) is 12.0. The van der Waals surface area contributed by atoms with E-state index in [0.717, 1.165) is 11.2 Å². The molecule has 0 spiro atoms. The zero-order valence-electron chi connectivity index (χ0n) is 9.68. The molecule has 2 aromatic carbocycles. The maximum absolute atomic E-state index is 12.0. The molecule has 88 valence electrons. The van der Waals surface area contributed by atoms with Crippen molar-refractivity contribution in [1.29, 1.82) is 0 Å². The standard InChI is InChI=1S/C13H12BN3O/c15-10-7-5-9(6-8-10)14-16-12-4-2-1-3-11(12)13(18)17-14/h1-8,16H,15H2,(H,17,18). The van der Waals surface area contributed by atoms with Crippen molar-refractivity contribution in [3.8, 4) is 0 Å². The van der Waals surface area contributed by atoms with Gasteiger partial charge in [-0.25, -0.2) is 0 Å². The molecule has 5 heteroatoms. The Labute approximate surface area is 105 Å². The molecular weight excluding hydrogens is 225 g/mol. The number of hydrogen-bond donors (Lipinski definition) is 3. The molecule has 4 N–H and O–H groups in total. The van der Waals surface area contributed by atoms with Crippen LogP contribution in [0.15, 0.2) is 48.5 Å². The van der Waals surface area contributed by atoms with Crippen LogP contribution < -0.4 is 21.7 Å². The van der Waals surface area contributed by atoms with E-state index in [4.69, 9.17) is 5.73 Å². The first-order chi connectivity index (χ1) is 8.74. The molecule has 0 unspecified atom stereocenters. The smallest absolute Gasteiger partial charge is 0.405 e. The SMILES string of the molecule is Nc1ccc(B2NC(=O)c3ccccc3N2)cc1. The van der Waals surface area contributed by atoms with E-state index in [1.54, 1.807) is 6.07 Å². The zero-order chi connectivity index (χ0) is 12.5. The second kappa shape index (κ2) is 4.11. The number of benzene rings is 2. The molecule has 0 aliphatic carbocycles. The third kappa shape index (κ3) is 1.80. The van der Waals surface area contributed by atoms with E-state index < -0.39 is 0 Å². The van der Waals surface area contributed by atoms with Crippen LogP contribution in [0.1, 0.15) is 10.4 Å². The summed E-state index contributed by atoms with van der Waals surface area (Å²) < 4.78 is 0. The predicted molar refractivity (Wildman–Crippen MR) is 73.8 cm³/mol. The Morgan fingerprint density at radius 2 is 1.67 bits per heavy atom. The lowest BCUT2D eigenvalue weighted by Crippen LogP contribution is -2.56. The number of nitrogens with two attached hydrogens (primary N) is 1. The molecule has 0 atom stereocenters. The number of carbonyl (C=O) groups is 1. The fraction of sp³-hybridized carbons (Fsp3) is 0. The molecule has 4 nitrogen and oxygen atoms in total. The molecule has 0 radical (unpaired) electrons. The van der Waals surface area contributed by atoms with Gasteiger partial charge in [-0.2, -0.15) is 0 Å². The summed E-state index contributed by atoms with van der Waals surface area (Å²) in [6.45, 7) is -0.215. The van der Waals surface area contributed by atoms with Gasteiger partial charge in [0.1, 0.15) is 0 Å². The topological polar surface area (TPSA) is 67.1 Å². The van der Waals surface area contributed by atoms with Crippen molar-refractivity contribution in [3.63, 3.8) is 0 Å². The molecule has 1 amide bonds. The van der Waals surface area contributed by atoms with Crippen molar-refractivity contribution >= 4 is 29.7 Å². The van der Waals surface area contributed by atoms with Crippen LogP contribution in [0.5, 0.6) is 0 Å². The Kier molecular flexibility index (Phi) is 2.44. The second-order valence-corrected chi connectivity index (χ2v) is 4.26. The number of nitrogens with one attached hydrogen (secondary N) is 2. The molecule has 18 heavy (non-hydrogen) atoms. The highest BCUT2D eigenvalue weighted by molar-refractivity contribution is 6.77. The first kappa shape index (κ1) is 10.7. The van der Waals surface area contributed by atoms with Crippen LogP contribution >= 0.6 is 0 Å². The summed E-state index contributed by atoms with van der Waals surface area (Å²) in [5.74, 6) is -0.0637. The third-order valence-corrected chi connectivity index (χ3v) is 3.02. The van der Waals surface area contributed by atoms with Gasteiger partial charge in [-0.05, 0) is 29.7 Å². The van der Waals surface area contributed by atoms with E-state index in [9.17, 15) is 4.79 Å². The molecule has 0 saturated carbocycles. The fourth-order valence-electron chi connectivity index (χ4n) is 2.06. The number of hydrogen-bond acceptors (Lipinski definition) is 3. The van der Waals surface area contributed by atoms with Crippen molar-refractivity contribution in [2.75, 3.05) is 11.0 Å². The van der Waals surface area contributed by atoms with Crippen LogP contribution in [-0.4, -0.2) is 12.9 Å². The Morgan fingerprint density at radius 1 is 0.944 bits per heavy atom. The van der Waals surface area contributed by atoms with E-state index >= 15 is 0 Å². The maximum Gasteiger partial charge on any atom is 0.408 e. The largest absolute Gasteiger partial charge is 0.408 e. The first-order valence-electron chi connectivity index (χ1n) is 5.76. The van der Waals surface area contributed by atoms with E-state index in [-0.39, 0.29) is 12.9 Å². The first-order valence-corrected chi connectivity index (χ1v) is 5.76. The summed E-state index contributed by atoms with van der Waals surface area (Å²) in [6.07, 6.45) is 0. The van der Waals surface area contributed by atoms with Gasteiger partial charge >= 0.3 is 6.98 Å². The average Bonchev–Trinajstić information content (AvgIpc) is 2.39. The van der Waals surface area contributed by atoms with Gasteiger partial charge in [-0.15, -0.1) is 0 Å². The van der Waals surface area contributed by atoms with Gasteiger partial charge in [0.25, 0.3) is 0 Å². The molecule has 2 aromatic rings. The third-order valence-electron chi connectivity index (χ3n) is 3.02. The van der Waals surface area contributed by atoms with Crippen LogP contribution in [0.25, 0.3) is 0 Å². The normalized spacial score (nSPS) is 13.6. The average molecular weight is 237 g/mol. The molecular formula is C13H12BN3O. The number of amides is 1. The van der Waals surface area contributed by atoms with Crippen molar-refractivity contribution in [2.45, 2.75) is 0 Å². The van der Waals surface area contributed by atoms with E-state index in [2.05, 4.69) is 10.5 Å². The quantitative estimate of drug-likeness (QED) is 0.508. The molecule has 0 bridgehead atoms. The van der Waals surface area contributed by atoms with Crippen LogP contribution in [0.3, 0.4) is 0 Å². The van der Waals surface area contributed by atoms with Crippen LogP contribution in [-0.2, 0) is 0 Å². The molecule has 0 saturated heterocycles. The summed E-state index contributed by atoms with van der Waals surface area (Å²) in [6, 6.07) is 14.9. The Hall–Kier alpha value is -2.43. The van der Waals surface area contributed by atoms with E-state index in [1.165, 1.54) is 0 Å². The minimum Gasteiger partial charge on any atom is -0.405 e.